The minimum atomic E-state index is -1.69. The Bertz CT molecular complexity index is 1260. The average Bonchev–Trinajstić information content (AvgIpc) is 3.14. The fraction of sp³-hybridized carbons (Fsp3) is 0.143. The van der Waals surface area contributed by atoms with Gasteiger partial charge in [-0.05, 0) is 67.3 Å². The summed E-state index contributed by atoms with van der Waals surface area (Å²) in [5.41, 5.74) is 5.59. The highest BCUT2D eigenvalue weighted by atomic mass is 28.3. The van der Waals surface area contributed by atoms with Crippen LogP contribution in [0, 0.1) is 0 Å². The molecule has 0 bridgehead atoms. The van der Waals surface area contributed by atoms with Gasteiger partial charge in [0.25, 0.3) is 0 Å². The van der Waals surface area contributed by atoms with Crippen LogP contribution >= 0.6 is 0 Å². The third kappa shape index (κ3) is 2.60. The van der Waals surface area contributed by atoms with Gasteiger partial charge >= 0.3 is 0 Å². The second kappa shape index (κ2) is 6.31. The lowest BCUT2D eigenvalue weighted by Crippen LogP contribution is -2.49. The van der Waals surface area contributed by atoms with Crippen LogP contribution in [0.5, 0.6) is 11.5 Å². The summed E-state index contributed by atoms with van der Waals surface area (Å²) in [6.45, 7) is 9.79. The van der Waals surface area contributed by atoms with Crippen molar-refractivity contribution in [2.24, 2.45) is 0 Å². The maximum absolute atomic E-state index is 6.46. The molecular weight excluding hydrogens is 408 g/mol. The minimum absolute atomic E-state index is 0.946. The van der Waals surface area contributed by atoms with E-state index in [0.29, 0.717) is 0 Å². The summed E-state index contributed by atoms with van der Waals surface area (Å²) in [4.78, 5) is 0. The lowest BCUT2D eigenvalue weighted by Gasteiger charge is -2.20. The first-order chi connectivity index (χ1) is 14.9. The number of fused-ring (bicyclic) bond motifs is 6. The minimum Gasteiger partial charge on any atom is -0.457 e. The molecule has 1 nitrogen and oxygen atoms in total. The molecule has 3 heteroatoms. The Morgan fingerprint density at radius 2 is 0.839 bits per heavy atom. The quantitative estimate of drug-likeness (QED) is 0.400. The third-order valence-corrected chi connectivity index (χ3v) is 14.4. The summed E-state index contributed by atoms with van der Waals surface area (Å²) in [6, 6.07) is 31.2. The van der Waals surface area contributed by atoms with Crippen molar-refractivity contribution in [3.63, 3.8) is 0 Å². The molecule has 0 N–H and O–H groups in total. The summed E-state index contributed by atoms with van der Waals surface area (Å²) in [5, 5.41) is 6.03. The van der Waals surface area contributed by atoms with Crippen LogP contribution in [0.15, 0.2) is 84.9 Å². The van der Waals surface area contributed by atoms with Gasteiger partial charge in [0, 0.05) is 0 Å². The molecule has 0 saturated carbocycles. The normalized spacial score (nSPS) is 16.3. The van der Waals surface area contributed by atoms with Crippen molar-refractivity contribution in [3.05, 3.63) is 84.9 Å². The highest BCUT2D eigenvalue weighted by Gasteiger charge is 2.38. The van der Waals surface area contributed by atoms with Gasteiger partial charge in [-0.1, -0.05) is 86.9 Å². The molecule has 0 radical (unpaired) electrons. The summed E-state index contributed by atoms with van der Waals surface area (Å²) in [6.07, 6.45) is 0. The van der Waals surface area contributed by atoms with Gasteiger partial charge in [-0.25, -0.2) is 0 Å². The van der Waals surface area contributed by atoms with Crippen LogP contribution in [0.1, 0.15) is 0 Å². The molecule has 0 saturated heterocycles. The summed E-state index contributed by atoms with van der Waals surface area (Å²) < 4.78 is 6.46. The Morgan fingerprint density at radius 1 is 0.452 bits per heavy atom. The van der Waals surface area contributed by atoms with Crippen LogP contribution in [-0.4, -0.2) is 16.1 Å². The predicted molar refractivity (Wildman–Crippen MR) is 137 cm³/mol. The number of ether oxygens (including phenoxy) is 1. The van der Waals surface area contributed by atoms with Crippen molar-refractivity contribution in [1.29, 1.82) is 0 Å². The average molecular weight is 435 g/mol. The van der Waals surface area contributed by atoms with Crippen molar-refractivity contribution in [1.82, 2.24) is 0 Å². The maximum Gasteiger partial charge on any atom is 0.127 e. The molecule has 31 heavy (non-hydrogen) atoms. The SMILES string of the molecule is C[Si]1(C)c2ccccc2-c2ccc(Oc3ccc4c(c3)[Si](C)(C)c3ccccc3-4)cc21. The van der Waals surface area contributed by atoms with E-state index in [2.05, 4.69) is 111 Å². The molecule has 2 aliphatic heterocycles. The fourth-order valence-corrected chi connectivity index (χ4v) is 11.8. The first-order valence-electron chi connectivity index (χ1n) is 11.0. The Labute approximate surface area is 186 Å². The zero-order valence-electron chi connectivity index (χ0n) is 18.5. The largest absolute Gasteiger partial charge is 0.457 e. The number of hydrogen-bond donors (Lipinski definition) is 0. The van der Waals surface area contributed by atoms with Gasteiger partial charge in [0.05, 0.1) is 0 Å². The first kappa shape index (κ1) is 18.8. The Hall–Kier alpha value is -2.89. The number of rotatable bonds is 2. The van der Waals surface area contributed by atoms with Crippen LogP contribution in [-0.2, 0) is 0 Å². The molecule has 2 aliphatic rings. The lowest BCUT2D eigenvalue weighted by atomic mass is 10.1. The van der Waals surface area contributed by atoms with Crippen molar-refractivity contribution < 1.29 is 4.74 Å². The van der Waals surface area contributed by atoms with Crippen LogP contribution in [0.3, 0.4) is 0 Å². The summed E-state index contributed by atoms with van der Waals surface area (Å²) in [5.74, 6) is 1.89. The molecule has 6 rings (SSSR count). The molecule has 4 aromatic carbocycles. The molecule has 152 valence electrons. The zero-order valence-corrected chi connectivity index (χ0v) is 20.5. The standard InChI is InChI=1S/C28H26OSi2/c1-30(2)25-11-7-5-9-21(25)23-15-13-19(17-27(23)30)29-20-14-16-24-22-10-6-8-12-26(22)31(3,4)28(24)18-20/h5-18H,1-4H3. The van der Waals surface area contributed by atoms with Gasteiger partial charge in [-0.2, -0.15) is 0 Å². The van der Waals surface area contributed by atoms with Crippen LogP contribution in [0.25, 0.3) is 22.3 Å². The molecule has 0 unspecified atom stereocenters. The molecular formula is C28H26OSi2. The molecule has 0 aliphatic carbocycles. The van der Waals surface area contributed by atoms with Crippen molar-refractivity contribution in [2.45, 2.75) is 26.2 Å². The highest BCUT2D eigenvalue weighted by Crippen LogP contribution is 2.34. The third-order valence-electron chi connectivity index (χ3n) is 7.35. The van der Waals surface area contributed by atoms with Gasteiger partial charge in [0.15, 0.2) is 0 Å². The second-order valence-electron chi connectivity index (χ2n) is 9.86. The van der Waals surface area contributed by atoms with E-state index in [-0.39, 0.29) is 0 Å². The van der Waals surface area contributed by atoms with E-state index in [1.165, 1.54) is 43.0 Å². The fourth-order valence-electron chi connectivity index (χ4n) is 5.63. The molecule has 0 spiro atoms. The topological polar surface area (TPSA) is 9.23 Å². The van der Waals surface area contributed by atoms with E-state index in [1.807, 2.05) is 0 Å². The summed E-state index contributed by atoms with van der Waals surface area (Å²) >= 11 is 0. The Kier molecular flexibility index (Phi) is 3.84. The second-order valence-corrected chi connectivity index (χ2v) is 18.5. The smallest absolute Gasteiger partial charge is 0.127 e. The lowest BCUT2D eigenvalue weighted by molar-refractivity contribution is 0.483. The van der Waals surface area contributed by atoms with E-state index < -0.39 is 16.1 Å². The van der Waals surface area contributed by atoms with E-state index in [1.54, 1.807) is 0 Å². The van der Waals surface area contributed by atoms with Crippen LogP contribution in [0.4, 0.5) is 0 Å². The molecule has 2 heterocycles. The monoisotopic (exact) mass is 434 g/mol. The maximum atomic E-state index is 6.46. The van der Waals surface area contributed by atoms with E-state index in [0.717, 1.165) is 11.5 Å². The van der Waals surface area contributed by atoms with Crippen molar-refractivity contribution in [3.8, 4) is 33.8 Å². The highest BCUT2D eigenvalue weighted by molar-refractivity contribution is 7.04. The van der Waals surface area contributed by atoms with E-state index in [4.69, 9.17) is 4.74 Å². The van der Waals surface area contributed by atoms with Gasteiger partial charge in [0.2, 0.25) is 0 Å². The Morgan fingerprint density at radius 3 is 1.29 bits per heavy atom. The van der Waals surface area contributed by atoms with Crippen LogP contribution < -0.4 is 25.5 Å². The molecule has 4 aromatic rings. The zero-order chi connectivity index (χ0) is 21.4. The van der Waals surface area contributed by atoms with Gasteiger partial charge < -0.3 is 4.74 Å². The van der Waals surface area contributed by atoms with Crippen molar-refractivity contribution in [2.75, 3.05) is 0 Å². The van der Waals surface area contributed by atoms with Gasteiger partial charge in [0.1, 0.15) is 27.6 Å². The predicted octanol–water partition coefficient (Wildman–Crippen LogP) is 5.08. The molecule has 0 fully saturated rings. The van der Waals surface area contributed by atoms with Crippen LogP contribution in [0.2, 0.25) is 26.2 Å². The summed E-state index contributed by atoms with van der Waals surface area (Å²) in [7, 11) is -3.37. The Balaban J connectivity index is 1.39. The molecule has 0 aromatic heterocycles. The van der Waals surface area contributed by atoms with Gasteiger partial charge in [-0.15, -0.1) is 0 Å². The number of benzene rings is 4. The molecule has 0 amide bonds. The number of hydrogen-bond acceptors (Lipinski definition) is 1. The van der Waals surface area contributed by atoms with Gasteiger partial charge in [-0.3, -0.25) is 0 Å². The molecule has 0 atom stereocenters. The first-order valence-corrected chi connectivity index (χ1v) is 17.0. The van der Waals surface area contributed by atoms with E-state index in [9.17, 15) is 0 Å². The van der Waals surface area contributed by atoms with Crippen molar-refractivity contribution >= 4 is 36.9 Å². The van der Waals surface area contributed by atoms with E-state index >= 15 is 0 Å².